The van der Waals surface area contributed by atoms with E-state index < -0.39 is 0 Å². The lowest BCUT2D eigenvalue weighted by atomic mass is 9.96. The Balaban J connectivity index is 1.92. The minimum Gasteiger partial charge on any atom is -0.0726 e. The van der Waals surface area contributed by atoms with Crippen LogP contribution < -0.4 is 0 Å². The lowest BCUT2D eigenvalue weighted by molar-refractivity contribution is 1.09. The maximum Gasteiger partial charge on any atom is 0.0215 e. The Morgan fingerprint density at radius 1 is 0.708 bits per heavy atom. The van der Waals surface area contributed by atoms with Gasteiger partial charge in [-0.05, 0) is 39.3 Å². The SMILES string of the molecule is IC(=CC(/C=C/c1ccccc1)c1ccccc1)c1ccccc1. The molecule has 0 heterocycles. The molecular formula is C23H19I. The molecule has 0 bridgehead atoms. The number of rotatable bonds is 5. The number of hydrogen-bond donors (Lipinski definition) is 0. The van der Waals surface area contributed by atoms with Gasteiger partial charge >= 0.3 is 0 Å². The fraction of sp³-hybridized carbons (Fsp3) is 0.0435. The Morgan fingerprint density at radius 3 is 1.88 bits per heavy atom. The Morgan fingerprint density at radius 2 is 1.25 bits per heavy atom. The van der Waals surface area contributed by atoms with Crippen molar-refractivity contribution < 1.29 is 0 Å². The van der Waals surface area contributed by atoms with Crippen molar-refractivity contribution in [2.75, 3.05) is 0 Å². The highest BCUT2D eigenvalue weighted by Crippen LogP contribution is 2.29. The van der Waals surface area contributed by atoms with Crippen molar-refractivity contribution in [1.29, 1.82) is 0 Å². The molecule has 1 unspecified atom stereocenters. The van der Waals surface area contributed by atoms with Gasteiger partial charge in [0.1, 0.15) is 0 Å². The molecule has 3 aromatic carbocycles. The van der Waals surface area contributed by atoms with Gasteiger partial charge in [0.05, 0.1) is 0 Å². The van der Waals surface area contributed by atoms with E-state index in [9.17, 15) is 0 Å². The normalized spacial score (nSPS) is 13.1. The van der Waals surface area contributed by atoms with E-state index in [0.29, 0.717) is 0 Å². The number of halogens is 1. The van der Waals surface area contributed by atoms with E-state index in [0.717, 1.165) is 0 Å². The van der Waals surface area contributed by atoms with Crippen molar-refractivity contribution in [2.24, 2.45) is 0 Å². The van der Waals surface area contributed by atoms with Gasteiger partial charge in [-0.15, -0.1) is 0 Å². The van der Waals surface area contributed by atoms with E-state index in [1.807, 2.05) is 6.07 Å². The molecule has 0 amide bonds. The van der Waals surface area contributed by atoms with Crippen LogP contribution in [0.25, 0.3) is 9.66 Å². The summed E-state index contributed by atoms with van der Waals surface area (Å²) >= 11 is 2.43. The smallest absolute Gasteiger partial charge is 0.0215 e. The predicted octanol–water partition coefficient (Wildman–Crippen LogP) is 6.96. The lowest BCUT2D eigenvalue weighted by Gasteiger charge is -2.10. The average Bonchev–Trinajstić information content (AvgIpc) is 2.67. The summed E-state index contributed by atoms with van der Waals surface area (Å²) in [5.74, 6) is 0.249. The molecule has 0 radical (unpaired) electrons. The Bertz CT molecular complexity index is 802. The highest BCUT2D eigenvalue weighted by Gasteiger charge is 2.07. The van der Waals surface area contributed by atoms with Crippen LogP contribution in [0, 0.1) is 0 Å². The third-order valence-electron chi connectivity index (χ3n) is 3.86. The van der Waals surface area contributed by atoms with E-state index in [4.69, 9.17) is 0 Å². The Hall–Kier alpha value is -2.13. The van der Waals surface area contributed by atoms with Gasteiger partial charge in [0.15, 0.2) is 0 Å². The van der Waals surface area contributed by atoms with Gasteiger partial charge in [0.2, 0.25) is 0 Å². The van der Waals surface area contributed by atoms with Crippen LogP contribution in [0.1, 0.15) is 22.6 Å². The van der Waals surface area contributed by atoms with Crippen molar-refractivity contribution >= 4 is 32.2 Å². The zero-order valence-corrected chi connectivity index (χ0v) is 15.5. The molecule has 1 atom stereocenters. The minimum absolute atomic E-state index is 0.249. The first-order valence-electron chi connectivity index (χ1n) is 8.04. The van der Waals surface area contributed by atoms with Crippen molar-refractivity contribution in [3.8, 4) is 0 Å². The van der Waals surface area contributed by atoms with Gasteiger partial charge in [-0.2, -0.15) is 0 Å². The standard InChI is InChI=1S/C23H19I/c24-23(21-14-8-3-9-15-21)18-22(20-12-6-2-7-13-20)17-16-19-10-4-1-5-11-19/h1-18,22H/b17-16+,23-18?. The largest absolute Gasteiger partial charge is 0.0726 e. The van der Waals surface area contributed by atoms with Gasteiger partial charge in [-0.3, -0.25) is 0 Å². The van der Waals surface area contributed by atoms with Gasteiger partial charge < -0.3 is 0 Å². The zero-order chi connectivity index (χ0) is 16.6. The molecular weight excluding hydrogens is 403 g/mol. The first-order valence-corrected chi connectivity index (χ1v) is 9.12. The van der Waals surface area contributed by atoms with E-state index in [2.05, 4.69) is 126 Å². The summed E-state index contributed by atoms with van der Waals surface area (Å²) in [6.45, 7) is 0. The van der Waals surface area contributed by atoms with Crippen molar-refractivity contribution in [1.82, 2.24) is 0 Å². The number of benzene rings is 3. The predicted molar refractivity (Wildman–Crippen MR) is 113 cm³/mol. The molecule has 0 aliphatic carbocycles. The molecule has 0 aromatic heterocycles. The van der Waals surface area contributed by atoms with Crippen LogP contribution in [0.2, 0.25) is 0 Å². The van der Waals surface area contributed by atoms with Gasteiger partial charge in [-0.25, -0.2) is 0 Å². The summed E-state index contributed by atoms with van der Waals surface area (Å²) in [6, 6.07) is 31.6. The molecule has 3 rings (SSSR count). The Labute approximate surface area is 157 Å². The molecule has 0 aliphatic rings. The third kappa shape index (κ3) is 4.68. The lowest BCUT2D eigenvalue weighted by Crippen LogP contribution is -1.92. The second-order valence-electron chi connectivity index (χ2n) is 5.59. The molecule has 118 valence electrons. The molecule has 3 aromatic rings. The summed E-state index contributed by atoms with van der Waals surface area (Å²) in [5.41, 5.74) is 3.78. The summed E-state index contributed by atoms with van der Waals surface area (Å²) in [4.78, 5) is 0. The van der Waals surface area contributed by atoms with Crippen LogP contribution in [0.15, 0.2) is 103 Å². The summed E-state index contributed by atoms with van der Waals surface area (Å²) in [6.07, 6.45) is 6.79. The van der Waals surface area contributed by atoms with Crippen molar-refractivity contribution in [3.63, 3.8) is 0 Å². The molecule has 0 spiro atoms. The first kappa shape index (κ1) is 16.7. The van der Waals surface area contributed by atoms with Crippen LogP contribution >= 0.6 is 22.6 Å². The van der Waals surface area contributed by atoms with E-state index in [-0.39, 0.29) is 5.92 Å². The molecule has 0 saturated carbocycles. The summed E-state index contributed by atoms with van der Waals surface area (Å²) in [5, 5.41) is 0. The third-order valence-corrected chi connectivity index (χ3v) is 4.84. The van der Waals surface area contributed by atoms with Gasteiger partial charge in [0, 0.05) is 9.50 Å². The average molecular weight is 422 g/mol. The molecule has 0 N–H and O–H groups in total. The maximum absolute atomic E-state index is 2.43. The van der Waals surface area contributed by atoms with Crippen LogP contribution in [-0.2, 0) is 0 Å². The highest BCUT2D eigenvalue weighted by atomic mass is 127. The Kier molecular flexibility index (Phi) is 6.02. The van der Waals surface area contributed by atoms with E-state index in [1.54, 1.807) is 0 Å². The second kappa shape index (κ2) is 8.65. The molecule has 0 fully saturated rings. The second-order valence-corrected chi connectivity index (χ2v) is 6.75. The molecule has 24 heavy (non-hydrogen) atoms. The van der Waals surface area contributed by atoms with E-state index >= 15 is 0 Å². The van der Waals surface area contributed by atoms with Crippen LogP contribution in [0.3, 0.4) is 0 Å². The van der Waals surface area contributed by atoms with Gasteiger partial charge in [-0.1, -0.05) is 109 Å². The van der Waals surface area contributed by atoms with Crippen molar-refractivity contribution in [2.45, 2.75) is 5.92 Å². The summed E-state index contributed by atoms with van der Waals surface area (Å²) < 4.78 is 1.26. The fourth-order valence-corrected chi connectivity index (χ4v) is 3.32. The highest BCUT2D eigenvalue weighted by molar-refractivity contribution is 14.1. The minimum atomic E-state index is 0.249. The number of hydrogen-bond acceptors (Lipinski definition) is 0. The molecule has 1 heteroatoms. The topological polar surface area (TPSA) is 0 Å². The van der Waals surface area contributed by atoms with Crippen LogP contribution in [0.4, 0.5) is 0 Å². The monoisotopic (exact) mass is 422 g/mol. The van der Waals surface area contributed by atoms with Crippen LogP contribution in [0.5, 0.6) is 0 Å². The van der Waals surface area contributed by atoms with Gasteiger partial charge in [0.25, 0.3) is 0 Å². The molecule has 0 saturated heterocycles. The first-order chi connectivity index (χ1) is 11.8. The maximum atomic E-state index is 2.43. The molecule has 0 aliphatic heterocycles. The number of allylic oxidation sites excluding steroid dienone is 2. The van der Waals surface area contributed by atoms with Crippen LogP contribution in [-0.4, -0.2) is 0 Å². The molecule has 0 nitrogen and oxygen atoms in total. The van der Waals surface area contributed by atoms with E-state index in [1.165, 1.54) is 20.3 Å². The van der Waals surface area contributed by atoms with Crippen molar-refractivity contribution in [3.05, 3.63) is 120 Å². The summed E-state index contributed by atoms with van der Waals surface area (Å²) in [7, 11) is 0. The fourth-order valence-electron chi connectivity index (χ4n) is 2.57. The zero-order valence-electron chi connectivity index (χ0n) is 13.3. The quantitative estimate of drug-likeness (QED) is 0.390.